The van der Waals surface area contributed by atoms with Crippen LogP contribution >= 0.6 is 23.1 Å². The van der Waals surface area contributed by atoms with Crippen molar-refractivity contribution in [2.75, 3.05) is 25.8 Å². The van der Waals surface area contributed by atoms with Crippen LogP contribution < -0.4 is 14.8 Å². The molecular formula is C21H22N2O3S2. The van der Waals surface area contributed by atoms with Crippen molar-refractivity contribution in [3.05, 3.63) is 53.4 Å². The van der Waals surface area contributed by atoms with Crippen LogP contribution in [-0.4, -0.2) is 31.4 Å². The van der Waals surface area contributed by atoms with Crippen molar-refractivity contribution in [3.63, 3.8) is 0 Å². The van der Waals surface area contributed by atoms with Crippen LogP contribution in [0.1, 0.15) is 12.0 Å². The number of hydrogen-bond acceptors (Lipinski definition) is 6. The molecule has 0 radical (unpaired) electrons. The largest absolute Gasteiger partial charge is 0.493 e. The molecule has 0 fully saturated rings. The van der Waals surface area contributed by atoms with E-state index < -0.39 is 0 Å². The number of amides is 1. The van der Waals surface area contributed by atoms with Gasteiger partial charge in [-0.05, 0) is 42.5 Å². The molecule has 1 amide bonds. The molecule has 1 N–H and O–H groups in total. The summed E-state index contributed by atoms with van der Waals surface area (Å²) in [6, 6.07) is 13.9. The Kier molecular flexibility index (Phi) is 6.95. The fraction of sp³-hybridized carbons (Fsp3) is 0.238. The van der Waals surface area contributed by atoms with Gasteiger partial charge in [0.1, 0.15) is 0 Å². The molecule has 3 rings (SSSR count). The Morgan fingerprint density at radius 1 is 1.11 bits per heavy atom. The maximum Gasteiger partial charge on any atom is 0.226 e. The second-order valence-electron chi connectivity index (χ2n) is 6.00. The molecule has 0 aliphatic heterocycles. The highest BCUT2D eigenvalue weighted by atomic mass is 32.2. The molecule has 7 heteroatoms. The van der Waals surface area contributed by atoms with E-state index in [1.165, 1.54) is 16.2 Å². The number of hydrogen-bond donors (Lipinski definition) is 1. The van der Waals surface area contributed by atoms with Gasteiger partial charge in [0, 0.05) is 22.3 Å². The number of methoxy groups -OCH3 is 2. The van der Waals surface area contributed by atoms with Crippen LogP contribution in [0.25, 0.3) is 11.3 Å². The highest BCUT2D eigenvalue weighted by Gasteiger charge is 2.10. The predicted molar refractivity (Wildman–Crippen MR) is 116 cm³/mol. The molecule has 3 aromatic rings. The molecule has 0 spiro atoms. The van der Waals surface area contributed by atoms with Gasteiger partial charge in [-0.2, -0.15) is 0 Å². The monoisotopic (exact) mass is 414 g/mol. The average molecular weight is 415 g/mol. The number of thioether (sulfide) groups is 1. The number of thiazole rings is 1. The number of nitrogens with zero attached hydrogens (tertiary/aromatic N) is 1. The third-order valence-corrected chi connectivity index (χ3v) is 5.73. The van der Waals surface area contributed by atoms with Gasteiger partial charge in [-0.25, -0.2) is 4.98 Å². The van der Waals surface area contributed by atoms with Crippen LogP contribution in [0, 0.1) is 0 Å². The van der Waals surface area contributed by atoms with Crippen LogP contribution in [0.4, 0.5) is 5.13 Å². The molecule has 1 aromatic heterocycles. The normalized spacial score (nSPS) is 10.5. The minimum atomic E-state index is -0.0617. The minimum Gasteiger partial charge on any atom is -0.493 e. The van der Waals surface area contributed by atoms with E-state index in [0.717, 1.165) is 16.8 Å². The summed E-state index contributed by atoms with van der Waals surface area (Å²) in [5.41, 5.74) is 2.93. The predicted octanol–water partition coefficient (Wildman–Crippen LogP) is 5.12. The van der Waals surface area contributed by atoms with Gasteiger partial charge in [-0.15, -0.1) is 23.1 Å². The number of aryl methyl sites for hydroxylation is 1. The van der Waals surface area contributed by atoms with Crippen LogP contribution in [0.2, 0.25) is 0 Å². The molecule has 28 heavy (non-hydrogen) atoms. The van der Waals surface area contributed by atoms with E-state index in [4.69, 9.17) is 9.47 Å². The van der Waals surface area contributed by atoms with E-state index in [9.17, 15) is 4.79 Å². The maximum absolute atomic E-state index is 12.3. The number of nitrogens with one attached hydrogen (secondary N) is 1. The number of aromatic nitrogens is 1. The molecule has 5 nitrogen and oxygen atoms in total. The quantitative estimate of drug-likeness (QED) is 0.518. The molecule has 0 saturated heterocycles. The highest BCUT2D eigenvalue weighted by molar-refractivity contribution is 7.98. The Morgan fingerprint density at radius 3 is 2.54 bits per heavy atom. The summed E-state index contributed by atoms with van der Waals surface area (Å²) in [7, 11) is 3.20. The third kappa shape index (κ3) is 5.05. The van der Waals surface area contributed by atoms with Crippen LogP contribution in [0.3, 0.4) is 0 Å². The first-order valence-electron chi connectivity index (χ1n) is 8.73. The number of benzene rings is 2. The molecule has 0 unspecified atom stereocenters. The smallest absolute Gasteiger partial charge is 0.226 e. The van der Waals surface area contributed by atoms with Crippen molar-refractivity contribution in [2.24, 2.45) is 0 Å². The van der Waals surface area contributed by atoms with Gasteiger partial charge in [-0.3, -0.25) is 4.79 Å². The van der Waals surface area contributed by atoms with Crippen molar-refractivity contribution in [2.45, 2.75) is 17.7 Å². The first-order chi connectivity index (χ1) is 13.6. The Hall–Kier alpha value is -2.51. The summed E-state index contributed by atoms with van der Waals surface area (Å²) in [5, 5.41) is 5.45. The Labute approximate surface area is 173 Å². The summed E-state index contributed by atoms with van der Waals surface area (Å²) < 4.78 is 10.5. The number of carbonyl (C=O) groups excluding carboxylic acids is 1. The van der Waals surface area contributed by atoms with Crippen molar-refractivity contribution in [1.29, 1.82) is 0 Å². The fourth-order valence-corrected chi connectivity index (χ4v) is 3.85. The lowest BCUT2D eigenvalue weighted by Crippen LogP contribution is -2.12. The zero-order chi connectivity index (χ0) is 19.9. The maximum atomic E-state index is 12.3. The summed E-state index contributed by atoms with van der Waals surface area (Å²) in [6.45, 7) is 0. The van der Waals surface area contributed by atoms with E-state index in [1.54, 1.807) is 26.0 Å². The molecule has 0 atom stereocenters. The van der Waals surface area contributed by atoms with Crippen molar-refractivity contribution >= 4 is 34.1 Å². The van der Waals surface area contributed by atoms with Crippen LogP contribution in [0.5, 0.6) is 11.5 Å². The summed E-state index contributed by atoms with van der Waals surface area (Å²) >= 11 is 3.14. The number of carbonyl (C=O) groups is 1. The minimum absolute atomic E-state index is 0.0617. The zero-order valence-corrected chi connectivity index (χ0v) is 17.7. The average Bonchev–Trinajstić information content (AvgIpc) is 3.20. The first-order valence-corrected chi connectivity index (χ1v) is 10.8. The summed E-state index contributed by atoms with van der Waals surface area (Å²) in [4.78, 5) is 18.0. The lowest BCUT2D eigenvalue weighted by Gasteiger charge is -2.09. The standard InChI is InChI=1S/C21H22N2O3S2/c1-25-18-10-4-14(12-19(18)26-2)5-11-20(24)23-21-22-17(13-28-21)15-6-8-16(27-3)9-7-15/h4,6-10,12-13H,5,11H2,1-3H3,(H,22,23,24). The molecule has 0 aliphatic rings. The first kappa shape index (κ1) is 20.2. The van der Waals surface area contributed by atoms with Crippen molar-refractivity contribution in [1.82, 2.24) is 4.98 Å². The number of anilines is 1. The molecule has 2 aromatic carbocycles. The van der Waals surface area contributed by atoms with Crippen molar-refractivity contribution < 1.29 is 14.3 Å². The van der Waals surface area contributed by atoms with Crippen LogP contribution in [0.15, 0.2) is 52.7 Å². The molecule has 1 heterocycles. The van der Waals surface area contributed by atoms with E-state index in [1.807, 2.05) is 42.0 Å². The molecular weight excluding hydrogens is 392 g/mol. The fourth-order valence-electron chi connectivity index (χ4n) is 2.70. The second-order valence-corrected chi connectivity index (χ2v) is 7.74. The van der Waals surface area contributed by atoms with E-state index in [2.05, 4.69) is 22.4 Å². The van der Waals surface area contributed by atoms with Gasteiger partial charge < -0.3 is 14.8 Å². The molecule has 146 valence electrons. The lowest BCUT2D eigenvalue weighted by molar-refractivity contribution is -0.116. The number of ether oxygens (including phenoxy) is 2. The lowest BCUT2D eigenvalue weighted by atomic mass is 10.1. The SMILES string of the molecule is COc1ccc(CCC(=O)Nc2nc(-c3ccc(SC)cc3)cs2)cc1OC. The van der Waals surface area contributed by atoms with Crippen molar-refractivity contribution in [3.8, 4) is 22.8 Å². The van der Waals surface area contributed by atoms with E-state index >= 15 is 0 Å². The Balaban J connectivity index is 1.57. The molecule has 0 bridgehead atoms. The highest BCUT2D eigenvalue weighted by Crippen LogP contribution is 2.29. The molecule has 0 aliphatic carbocycles. The van der Waals surface area contributed by atoms with E-state index in [0.29, 0.717) is 29.5 Å². The topological polar surface area (TPSA) is 60.5 Å². The van der Waals surface area contributed by atoms with Crippen LogP contribution in [-0.2, 0) is 11.2 Å². The summed E-state index contributed by atoms with van der Waals surface area (Å²) in [5.74, 6) is 1.28. The number of rotatable bonds is 8. The Morgan fingerprint density at radius 2 is 1.86 bits per heavy atom. The summed E-state index contributed by atoms with van der Waals surface area (Å²) in [6.07, 6.45) is 3.03. The van der Waals surface area contributed by atoms with Gasteiger partial charge in [0.2, 0.25) is 5.91 Å². The van der Waals surface area contributed by atoms with Gasteiger partial charge in [-0.1, -0.05) is 18.2 Å². The Bertz CT molecular complexity index is 939. The third-order valence-electron chi connectivity index (χ3n) is 4.23. The molecule has 0 saturated carbocycles. The van der Waals surface area contributed by atoms with Gasteiger partial charge >= 0.3 is 0 Å². The van der Waals surface area contributed by atoms with Gasteiger partial charge in [0.15, 0.2) is 16.6 Å². The van der Waals surface area contributed by atoms with Gasteiger partial charge in [0.05, 0.1) is 19.9 Å². The second kappa shape index (κ2) is 9.61. The van der Waals surface area contributed by atoms with E-state index in [-0.39, 0.29) is 5.91 Å². The van der Waals surface area contributed by atoms with Gasteiger partial charge in [0.25, 0.3) is 0 Å². The zero-order valence-electron chi connectivity index (χ0n) is 16.0.